The summed E-state index contributed by atoms with van der Waals surface area (Å²) in [5.74, 6) is 0.989. The fraction of sp³-hybridized carbons (Fsp3) is 0.182. The Morgan fingerprint density at radius 1 is 1.12 bits per heavy atom. The van der Waals surface area contributed by atoms with Crippen LogP contribution in [-0.4, -0.2) is 19.4 Å². The van der Waals surface area contributed by atoms with E-state index in [1.807, 2.05) is 24.3 Å². The Kier molecular flexibility index (Phi) is 3.01. The van der Waals surface area contributed by atoms with Gasteiger partial charge in [0.15, 0.2) is 5.02 Å². The van der Waals surface area contributed by atoms with Crippen molar-refractivity contribution in [2.75, 3.05) is 14.2 Å². The zero-order chi connectivity index (χ0) is 11.5. The zero-order valence-corrected chi connectivity index (χ0v) is 9.62. The molecule has 4 nitrogen and oxygen atoms in total. The van der Waals surface area contributed by atoms with Crippen molar-refractivity contribution in [2.24, 2.45) is 0 Å². The number of benzene rings is 1. The maximum Gasteiger partial charge on any atom is 0.330 e. The van der Waals surface area contributed by atoms with Gasteiger partial charge in [0, 0.05) is 5.56 Å². The third-order valence-corrected chi connectivity index (χ3v) is 2.49. The molecule has 1 aromatic heterocycles. The van der Waals surface area contributed by atoms with E-state index in [-0.39, 0.29) is 5.95 Å². The lowest BCUT2D eigenvalue weighted by atomic mass is 10.1. The van der Waals surface area contributed by atoms with Gasteiger partial charge in [-0.05, 0) is 24.3 Å². The molecule has 0 aliphatic heterocycles. The first kappa shape index (κ1) is 10.8. The lowest BCUT2D eigenvalue weighted by molar-refractivity contribution is 0.261. The number of nitrogens with zero attached hydrogens (tertiary/aromatic N) is 1. The largest absolute Gasteiger partial charge is 0.497 e. The molecule has 0 bridgehead atoms. The highest BCUT2D eigenvalue weighted by Crippen LogP contribution is 2.35. The summed E-state index contributed by atoms with van der Waals surface area (Å²) >= 11 is 6.02. The van der Waals surface area contributed by atoms with Crippen LogP contribution in [-0.2, 0) is 0 Å². The molecule has 0 saturated heterocycles. The molecule has 0 spiro atoms. The van der Waals surface area contributed by atoms with Crippen LogP contribution in [0.4, 0.5) is 0 Å². The Labute approximate surface area is 97.7 Å². The van der Waals surface area contributed by atoms with E-state index in [4.69, 9.17) is 25.6 Å². The van der Waals surface area contributed by atoms with Crippen LogP contribution in [0.2, 0.25) is 5.02 Å². The molecule has 0 aliphatic carbocycles. The first-order chi connectivity index (χ1) is 7.76. The van der Waals surface area contributed by atoms with E-state index < -0.39 is 0 Å². The van der Waals surface area contributed by atoms with E-state index in [1.165, 1.54) is 7.11 Å². The van der Waals surface area contributed by atoms with Gasteiger partial charge in [-0.1, -0.05) is 16.8 Å². The standard InChI is InChI=1S/C11H10ClNO3/c1-14-8-5-3-7(4-6-8)10-9(12)11(15-2)16-13-10/h3-6H,1-2H3. The van der Waals surface area contributed by atoms with Crippen LogP contribution in [0.5, 0.6) is 11.7 Å². The lowest BCUT2D eigenvalue weighted by Crippen LogP contribution is -1.83. The predicted octanol–water partition coefficient (Wildman–Crippen LogP) is 3.01. The number of hydrogen-bond donors (Lipinski definition) is 0. The molecule has 5 heteroatoms. The van der Waals surface area contributed by atoms with Crippen molar-refractivity contribution in [2.45, 2.75) is 0 Å². The van der Waals surface area contributed by atoms with Gasteiger partial charge in [-0.15, -0.1) is 0 Å². The molecule has 84 valence electrons. The van der Waals surface area contributed by atoms with Gasteiger partial charge in [0.25, 0.3) is 0 Å². The number of hydrogen-bond acceptors (Lipinski definition) is 4. The molecule has 16 heavy (non-hydrogen) atoms. The van der Waals surface area contributed by atoms with Gasteiger partial charge in [0.05, 0.1) is 14.2 Å². The Hall–Kier alpha value is -1.68. The summed E-state index contributed by atoms with van der Waals surface area (Å²) in [7, 11) is 3.09. The summed E-state index contributed by atoms with van der Waals surface area (Å²) in [6, 6.07) is 7.35. The second-order valence-electron chi connectivity index (χ2n) is 3.07. The molecule has 1 heterocycles. The SMILES string of the molecule is COc1ccc(-c2noc(OC)c2Cl)cc1. The summed E-state index contributed by atoms with van der Waals surface area (Å²) in [6.45, 7) is 0. The lowest BCUT2D eigenvalue weighted by Gasteiger charge is -2.00. The van der Waals surface area contributed by atoms with Crippen LogP contribution in [0.25, 0.3) is 11.3 Å². The minimum atomic E-state index is 0.215. The first-order valence-electron chi connectivity index (χ1n) is 4.60. The van der Waals surface area contributed by atoms with Crippen LogP contribution in [0.15, 0.2) is 28.8 Å². The minimum absolute atomic E-state index is 0.215. The Morgan fingerprint density at radius 2 is 1.81 bits per heavy atom. The number of rotatable bonds is 3. The molecule has 0 amide bonds. The number of halogens is 1. The molecule has 2 rings (SSSR count). The van der Waals surface area contributed by atoms with Crippen LogP contribution in [0.3, 0.4) is 0 Å². The van der Waals surface area contributed by atoms with E-state index >= 15 is 0 Å². The highest BCUT2D eigenvalue weighted by molar-refractivity contribution is 6.34. The van der Waals surface area contributed by atoms with Crippen LogP contribution in [0, 0.1) is 0 Å². The molecule has 0 N–H and O–H groups in total. The average Bonchev–Trinajstić information content (AvgIpc) is 2.70. The molecule has 2 aromatic rings. The molecular weight excluding hydrogens is 230 g/mol. The number of ether oxygens (including phenoxy) is 2. The molecule has 0 aliphatic rings. The van der Waals surface area contributed by atoms with Gasteiger partial charge in [0.1, 0.15) is 11.4 Å². The van der Waals surface area contributed by atoms with Gasteiger partial charge in [-0.25, -0.2) is 0 Å². The van der Waals surface area contributed by atoms with Crippen molar-refractivity contribution in [1.29, 1.82) is 0 Å². The molecular formula is C11H10ClNO3. The monoisotopic (exact) mass is 239 g/mol. The predicted molar refractivity (Wildman–Crippen MR) is 60.1 cm³/mol. The maximum atomic E-state index is 6.02. The highest BCUT2D eigenvalue weighted by atomic mass is 35.5. The molecule has 1 aromatic carbocycles. The van der Waals surface area contributed by atoms with Gasteiger partial charge in [-0.3, -0.25) is 0 Å². The Morgan fingerprint density at radius 3 is 2.31 bits per heavy atom. The quantitative estimate of drug-likeness (QED) is 0.826. The topological polar surface area (TPSA) is 44.5 Å². The second-order valence-corrected chi connectivity index (χ2v) is 3.44. The van der Waals surface area contributed by atoms with Crippen molar-refractivity contribution in [3.63, 3.8) is 0 Å². The molecule has 0 atom stereocenters. The van der Waals surface area contributed by atoms with Crippen molar-refractivity contribution in [3.8, 4) is 23.0 Å². The fourth-order valence-electron chi connectivity index (χ4n) is 1.32. The summed E-state index contributed by atoms with van der Waals surface area (Å²) < 4.78 is 14.9. The van der Waals surface area contributed by atoms with E-state index in [0.717, 1.165) is 11.3 Å². The zero-order valence-electron chi connectivity index (χ0n) is 8.86. The molecule has 0 unspecified atom stereocenters. The fourth-order valence-corrected chi connectivity index (χ4v) is 1.57. The van der Waals surface area contributed by atoms with Crippen LogP contribution in [0.1, 0.15) is 0 Å². The van der Waals surface area contributed by atoms with E-state index in [1.54, 1.807) is 7.11 Å². The Balaban J connectivity index is 2.38. The van der Waals surface area contributed by atoms with Crippen molar-refractivity contribution in [3.05, 3.63) is 29.3 Å². The summed E-state index contributed by atoms with van der Waals surface area (Å²) in [6.07, 6.45) is 0. The number of aromatic nitrogens is 1. The van der Waals surface area contributed by atoms with E-state index in [9.17, 15) is 0 Å². The van der Waals surface area contributed by atoms with Crippen molar-refractivity contribution < 1.29 is 14.0 Å². The molecule has 0 fully saturated rings. The van der Waals surface area contributed by atoms with Gasteiger partial charge in [0.2, 0.25) is 0 Å². The second kappa shape index (κ2) is 4.45. The third kappa shape index (κ3) is 1.84. The van der Waals surface area contributed by atoms with Gasteiger partial charge >= 0.3 is 5.95 Å². The average molecular weight is 240 g/mol. The normalized spacial score (nSPS) is 10.2. The third-order valence-electron chi connectivity index (χ3n) is 2.16. The Bertz CT molecular complexity index is 478. The van der Waals surface area contributed by atoms with Crippen molar-refractivity contribution in [1.82, 2.24) is 5.16 Å². The maximum absolute atomic E-state index is 6.02. The van der Waals surface area contributed by atoms with Gasteiger partial charge < -0.3 is 14.0 Å². The van der Waals surface area contributed by atoms with Crippen LogP contribution < -0.4 is 9.47 Å². The molecule has 0 radical (unpaired) electrons. The summed E-state index contributed by atoms with van der Waals surface area (Å²) in [5.41, 5.74) is 1.40. The van der Waals surface area contributed by atoms with E-state index in [0.29, 0.717) is 10.7 Å². The summed E-state index contributed by atoms with van der Waals surface area (Å²) in [5, 5.41) is 4.21. The summed E-state index contributed by atoms with van der Waals surface area (Å²) in [4.78, 5) is 0. The minimum Gasteiger partial charge on any atom is -0.497 e. The number of methoxy groups -OCH3 is 2. The van der Waals surface area contributed by atoms with Crippen molar-refractivity contribution >= 4 is 11.6 Å². The molecule has 0 saturated carbocycles. The first-order valence-corrected chi connectivity index (χ1v) is 4.97. The van der Waals surface area contributed by atoms with Gasteiger partial charge in [-0.2, -0.15) is 0 Å². The van der Waals surface area contributed by atoms with E-state index in [2.05, 4.69) is 5.16 Å². The smallest absolute Gasteiger partial charge is 0.330 e. The highest BCUT2D eigenvalue weighted by Gasteiger charge is 2.15. The van der Waals surface area contributed by atoms with Crippen LogP contribution >= 0.6 is 11.6 Å².